The van der Waals surface area contributed by atoms with E-state index in [9.17, 15) is 4.79 Å². The summed E-state index contributed by atoms with van der Waals surface area (Å²) in [6.07, 6.45) is -0.174. The second-order valence-electron chi connectivity index (χ2n) is 1.33. The van der Waals surface area contributed by atoms with E-state index in [0.29, 0.717) is 6.29 Å². The zero-order valence-electron chi connectivity index (χ0n) is 4.72. The number of rotatable bonds is 2. The molecule has 8 heavy (non-hydrogen) atoms. The van der Waals surface area contributed by atoms with Crippen molar-refractivity contribution in [3.8, 4) is 11.8 Å². The molecular weight excluding hydrogens is 104 g/mol. The zero-order chi connectivity index (χ0) is 6.41. The molecular formula is C6H8O2. The van der Waals surface area contributed by atoms with Gasteiger partial charge in [0.1, 0.15) is 12.4 Å². The molecule has 0 heterocycles. The highest BCUT2D eigenvalue weighted by Gasteiger charge is 1.94. The molecule has 2 heteroatoms. The maximum Gasteiger partial charge on any atom is 0.149 e. The molecule has 0 aromatic rings. The van der Waals surface area contributed by atoms with Crippen molar-refractivity contribution in [2.75, 3.05) is 0 Å². The van der Waals surface area contributed by atoms with Crippen molar-refractivity contribution in [1.29, 1.82) is 0 Å². The van der Waals surface area contributed by atoms with Crippen LogP contribution in [0.2, 0.25) is 0 Å². The highest BCUT2D eigenvalue weighted by Crippen LogP contribution is 1.81. The molecule has 1 atom stereocenters. The molecule has 0 bridgehead atoms. The van der Waals surface area contributed by atoms with Crippen LogP contribution in [0.4, 0.5) is 0 Å². The lowest BCUT2D eigenvalue weighted by Crippen LogP contribution is -2.05. The quantitative estimate of drug-likeness (QED) is 0.402. The van der Waals surface area contributed by atoms with E-state index in [0.717, 1.165) is 0 Å². The fourth-order valence-corrected chi connectivity index (χ4v) is 0.255. The third kappa shape index (κ3) is 3.38. The highest BCUT2D eigenvalue weighted by atomic mass is 16.3. The summed E-state index contributed by atoms with van der Waals surface area (Å²) < 4.78 is 0. The summed E-state index contributed by atoms with van der Waals surface area (Å²) in [5, 5.41) is 8.52. The van der Waals surface area contributed by atoms with Crippen LogP contribution in [0.15, 0.2) is 0 Å². The number of carbonyl (C=O) groups is 1. The average molecular weight is 112 g/mol. The smallest absolute Gasteiger partial charge is 0.149 e. The van der Waals surface area contributed by atoms with Crippen LogP contribution < -0.4 is 0 Å². The number of hydrogen-bond donors (Lipinski definition) is 1. The van der Waals surface area contributed by atoms with Crippen LogP contribution in [-0.4, -0.2) is 17.5 Å². The Morgan fingerprint density at radius 1 is 1.88 bits per heavy atom. The van der Waals surface area contributed by atoms with Crippen LogP contribution in [0.3, 0.4) is 0 Å². The Morgan fingerprint density at radius 3 is 2.88 bits per heavy atom. The van der Waals surface area contributed by atoms with Gasteiger partial charge in [-0.25, -0.2) is 0 Å². The number of aldehydes is 1. The first-order chi connectivity index (χ1) is 3.81. The van der Waals surface area contributed by atoms with E-state index in [1.165, 1.54) is 0 Å². The Morgan fingerprint density at radius 2 is 2.50 bits per heavy atom. The van der Waals surface area contributed by atoms with Gasteiger partial charge in [0.2, 0.25) is 0 Å². The Labute approximate surface area is 48.5 Å². The molecule has 0 aliphatic heterocycles. The van der Waals surface area contributed by atoms with Gasteiger partial charge in [-0.2, -0.15) is 0 Å². The number of aliphatic hydroxyl groups is 1. The first-order valence-electron chi connectivity index (χ1n) is 2.34. The van der Waals surface area contributed by atoms with Gasteiger partial charge in [-0.3, -0.25) is 0 Å². The van der Waals surface area contributed by atoms with Gasteiger partial charge in [-0.15, -0.1) is 11.8 Å². The molecule has 44 valence electrons. The Balaban J connectivity index is 3.33. The minimum absolute atomic E-state index is 0.250. The monoisotopic (exact) mass is 112 g/mol. The summed E-state index contributed by atoms with van der Waals surface area (Å²) >= 11 is 0. The highest BCUT2D eigenvalue weighted by molar-refractivity contribution is 5.56. The van der Waals surface area contributed by atoms with Crippen molar-refractivity contribution in [3.63, 3.8) is 0 Å². The van der Waals surface area contributed by atoms with E-state index in [2.05, 4.69) is 11.8 Å². The topological polar surface area (TPSA) is 37.3 Å². The number of hydrogen-bond acceptors (Lipinski definition) is 2. The van der Waals surface area contributed by atoms with Crippen molar-refractivity contribution in [1.82, 2.24) is 0 Å². The first-order valence-corrected chi connectivity index (χ1v) is 2.34. The van der Waals surface area contributed by atoms with Crippen LogP contribution in [0.5, 0.6) is 0 Å². The van der Waals surface area contributed by atoms with E-state index >= 15 is 0 Å². The van der Waals surface area contributed by atoms with Gasteiger partial charge in [0, 0.05) is 6.42 Å². The standard InChI is InChI=1S/C6H8O2/c1-2-3-4-6(8)5-7/h5-6,8H,4H2,1H3/t6-/m1/s1. The maximum absolute atomic E-state index is 9.69. The van der Waals surface area contributed by atoms with Gasteiger partial charge in [0.05, 0.1) is 0 Å². The summed E-state index contributed by atoms with van der Waals surface area (Å²) in [4.78, 5) is 9.69. The van der Waals surface area contributed by atoms with Crippen LogP contribution in [-0.2, 0) is 4.79 Å². The molecule has 0 saturated heterocycles. The molecule has 0 unspecified atom stereocenters. The normalized spacial score (nSPS) is 11.2. The Kier molecular flexibility index (Phi) is 3.91. The van der Waals surface area contributed by atoms with Crippen LogP contribution in [0.1, 0.15) is 13.3 Å². The second-order valence-corrected chi connectivity index (χ2v) is 1.33. The molecule has 0 radical (unpaired) electrons. The van der Waals surface area contributed by atoms with Crippen LogP contribution in [0, 0.1) is 11.8 Å². The molecule has 0 rings (SSSR count). The first kappa shape index (κ1) is 7.19. The van der Waals surface area contributed by atoms with Gasteiger partial charge in [0.15, 0.2) is 0 Å². The Hall–Kier alpha value is -0.810. The summed E-state index contributed by atoms with van der Waals surface area (Å²) in [5.74, 6) is 5.13. The van der Waals surface area contributed by atoms with Crippen molar-refractivity contribution >= 4 is 6.29 Å². The summed E-state index contributed by atoms with van der Waals surface area (Å²) in [5.41, 5.74) is 0. The molecule has 0 aliphatic carbocycles. The van der Waals surface area contributed by atoms with Crippen molar-refractivity contribution < 1.29 is 9.90 Å². The van der Waals surface area contributed by atoms with E-state index < -0.39 is 6.10 Å². The molecule has 2 nitrogen and oxygen atoms in total. The molecule has 0 aromatic heterocycles. The Bertz CT molecular complexity index is 118. The fourth-order valence-electron chi connectivity index (χ4n) is 0.255. The summed E-state index contributed by atoms with van der Waals surface area (Å²) in [6.45, 7) is 1.66. The van der Waals surface area contributed by atoms with Gasteiger partial charge < -0.3 is 9.90 Å². The van der Waals surface area contributed by atoms with Gasteiger partial charge in [-0.05, 0) is 6.92 Å². The molecule has 0 aliphatic rings. The van der Waals surface area contributed by atoms with Crippen LogP contribution >= 0.6 is 0 Å². The number of carbonyl (C=O) groups excluding carboxylic acids is 1. The summed E-state index contributed by atoms with van der Waals surface area (Å²) in [6, 6.07) is 0. The summed E-state index contributed by atoms with van der Waals surface area (Å²) in [7, 11) is 0. The molecule has 0 fully saturated rings. The molecule has 0 amide bonds. The van der Waals surface area contributed by atoms with E-state index in [-0.39, 0.29) is 6.42 Å². The van der Waals surface area contributed by atoms with Crippen molar-refractivity contribution in [2.24, 2.45) is 0 Å². The van der Waals surface area contributed by atoms with Crippen LogP contribution in [0.25, 0.3) is 0 Å². The predicted molar refractivity (Wildman–Crippen MR) is 30.1 cm³/mol. The lowest BCUT2D eigenvalue weighted by Gasteiger charge is -1.90. The lowest BCUT2D eigenvalue weighted by atomic mass is 10.3. The molecule has 0 aromatic carbocycles. The third-order valence-electron chi connectivity index (χ3n) is 0.645. The zero-order valence-corrected chi connectivity index (χ0v) is 4.72. The minimum Gasteiger partial charge on any atom is -0.385 e. The van der Waals surface area contributed by atoms with E-state index in [1.807, 2.05) is 0 Å². The fraction of sp³-hybridized carbons (Fsp3) is 0.500. The molecule has 0 spiro atoms. The van der Waals surface area contributed by atoms with Gasteiger partial charge in [-0.1, -0.05) is 0 Å². The second kappa shape index (κ2) is 4.35. The largest absolute Gasteiger partial charge is 0.385 e. The van der Waals surface area contributed by atoms with Gasteiger partial charge in [0.25, 0.3) is 0 Å². The van der Waals surface area contributed by atoms with Gasteiger partial charge >= 0.3 is 0 Å². The van der Waals surface area contributed by atoms with E-state index in [4.69, 9.17) is 5.11 Å². The predicted octanol–water partition coefficient (Wildman–Crippen LogP) is -0.0404. The molecule has 1 N–H and O–H groups in total. The van der Waals surface area contributed by atoms with E-state index in [1.54, 1.807) is 6.92 Å². The average Bonchev–Trinajstić information content (AvgIpc) is 1.83. The number of aliphatic hydroxyl groups excluding tert-OH is 1. The van der Waals surface area contributed by atoms with Crippen molar-refractivity contribution in [2.45, 2.75) is 19.4 Å². The lowest BCUT2D eigenvalue weighted by molar-refractivity contribution is -0.114. The SMILES string of the molecule is CC#CC[C@@H](O)C=O. The minimum atomic E-state index is -0.901. The van der Waals surface area contributed by atoms with Crippen molar-refractivity contribution in [3.05, 3.63) is 0 Å². The maximum atomic E-state index is 9.69. The molecule has 0 saturated carbocycles. The third-order valence-corrected chi connectivity index (χ3v) is 0.645.